The fraction of sp³-hybridized carbons (Fsp3) is 0.400. The number of rotatable bonds is 5. The lowest BCUT2D eigenvalue weighted by Crippen LogP contribution is -2.41. The third-order valence-electron chi connectivity index (χ3n) is 6.52. The second kappa shape index (κ2) is 11.9. The summed E-state index contributed by atoms with van der Waals surface area (Å²) in [4.78, 5) is 15.5. The van der Waals surface area contributed by atoms with Crippen molar-refractivity contribution < 1.29 is 9.53 Å². The maximum absolute atomic E-state index is 13.1. The van der Waals surface area contributed by atoms with Crippen LogP contribution < -0.4 is 5.32 Å². The number of amides is 1. The van der Waals surface area contributed by atoms with E-state index in [0.717, 1.165) is 48.3 Å². The van der Waals surface area contributed by atoms with Crippen LogP contribution in [0.5, 0.6) is 0 Å². The first-order chi connectivity index (χ1) is 18.1. The Hall–Kier alpha value is -2.82. The van der Waals surface area contributed by atoms with Gasteiger partial charge in [0.2, 0.25) is 0 Å². The molecule has 3 aromatic rings. The number of hydrogen-bond acceptors (Lipinski definition) is 4. The van der Waals surface area contributed by atoms with Crippen LogP contribution in [0.25, 0.3) is 16.9 Å². The molecule has 0 unspecified atom stereocenters. The van der Waals surface area contributed by atoms with Crippen molar-refractivity contribution in [3.63, 3.8) is 0 Å². The summed E-state index contributed by atoms with van der Waals surface area (Å²) in [6, 6.07) is 13.1. The van der Waals surface area contributed by atoms with Gasteiger partial charge >= 0.3 is 0 Å². The summed E-state index contributed by atoms with van der Waals surface area (Å²) in [6.07, 6.45) is 2.43. The molecule has 0 bridgehead atoms. The fourth-order valence-corrected chi connectivity index (χ4v) is 4.93. The highest BCUT2D eigenvalue weighted by molar-refractivity contribution is 6.32. The number of ether oxygens (including phenoxy) is 1. The number of carbonyl (C=O) groups is 1. The molecule has 1 aliphatic rings. The summed E-state index contributed by atoms with van der Waals surface area (Å²) in [5.74, 6) is 6.27. The normalized spacial score (nSPS) is 14.7. The number of benzene rings is 2. The third-order valence-corrected chi connectivity index (χ3v) is 7.08. The second-order valence-electron chi connectivity index (χ2n) is 10.6. The van der Waals surface area contributed by atoms with Gasteiger partial charge in [0, 0.05) is 47.5 Å². The Morgan fingerprint density at radius 2 is 1.82 bits per heavy atom. The summed E-state index contributed by atoms with van der Waals surface area (Å²) in [5, 5.41) is 8.86. The molecule has 0 saturated carbocycles. The number of nitrogens with one attached hydrogen (secondary N) is 1. The van der Waals surface area contributed by atoms with Gasteiger partial charge in [-0.1, -0.05) is 47.2 Å². The molecular weight excluding hydrogens is 519 g/mol. The molecule has 0 atom stereocenters. The quantitative estimate of drug-likeness (QED) is 0.386. The van der Waals surface area contributed by atoms with Crippen molar-refractivity contribution in [2.75, 3.05) is 26.7 Å². The number of halogens is 2. The van der Waals surface area contributed by atoms with Crippen LogP contribution in [-0.4, -0.2) is 59.0 Å². The van der Waals surface area contributed by atoms with Crippen LogP contribution in [0.3, 0.4) is 0 Å². The minimum Gasteiger partial charge on any atom is -0.381 e. The van der Waals surface area contributed by atoms with Crippen LogP contribution in [0.15, 0.2) is 42.5 Å². The molecule has 6 nitrogen and oxygen atoms in total. The average Bonchev–Trinajstić information content (AvgIpc) is 3.21. The van der Waals surface area contributed by atoms with Crippen molar-refractivity contribution in [3.05, 3.63) is 69.3 Å². The lowest BCUT2D eigenvalue weighted by Gasteiger charge is -2.29. The van der Waals surface area contributed by atoms with Gasteiger partial charge in [-0.2, -0.15) is 5.10 Å². The van der Waals surface area contributed by atoms with Gasteiger partial charge < -0.3 is 10.1 Å². The van der Waals surface area contributed by atoms with Crippen molar-refractivity contribution in [2.24, 2.45) is 0 Å². The SMILES string of the molecule is COC1CCN(CC#Cc2ccc(-n3nc(C(=O)NC(C)(C)C)c(C)c3-c3ccc(Cl)cc3)c(Cl)c2)CC1. The Morgan fingerprint density at radius 1 is 1.13 bits per heavy atom. The Labute approximate surface area is 235 Å². The summed E-state index contributed by atoms with van der Waals surface area (Å²) in [7, 11) is 1.78. The van der Waals surface area contributed by atoms with Gasteiger partial charge in [0.25, 0.3) is 5.91 Å². The fourth-order valence-electron chi connectivity index (χ4n) is 4.55. The zero-order valence-corrected chi connectivity index (χ0v) is 24.1. The number of carbonyl (C=O) groups excluding carboxylic acids is 1. The zero-order chi connectivity index (χ0) is 27.4. The molecule has 0 radical (unpaired) electrons. The van der Waals surface area contributed by atoms with E-state index in [1.165, 1.54) is 0 Å². The van der Waals surface area contributed by atoms with Crippen molar-refractivity contribution in [2.45, 2.75) is 52.2 Å². The molecule has 1 amide bonds. The van der Waals surface area contributed by atoms with Crippen LogP contribution in [0.4, 0.5) is 0 Å². The van der Waals surface area contributed by atoms with Gasteiger partial charge in [-0.25, -0.2) is 4.68 Å². The van der Waals surface area contributed by atoms with Gasteiger partial charge in [0.05, 0.1) is 29.1 Å². The molecule has 0 aliphatic carbocycles. The van der Waals surface area contributed by atoms with Gasteiger partial charge in [0.15, 0.2) is 5.69 Å². The average molecular weight is 554 g/mol. The lowest BCUT2D eigenvalue weighted by atomic mass is 10.0. The highest BCUT2D eigenvalue weighted by Gasteiger charge is 2.25. The Bertz CT molecular complexity index is 1360. The monoisotopic (exact) mass is 552 g/mol. The number of nitrogens with zero attached hydrogens (tertiary/aromatic N) is 3. The molecule has 0 spiro atoms. The largest absolute Gasteiger partial charge is 0.381 e. The van der Waals surface area contributed by atoms with Gasteiger partial charge in [-0.3, -0.25) is 9.69 Å². The minimum absolute atomic E-state index is 0.239. The van der Waals surface area contributed by atoms with E-state index in [2.05, 4.69) is 22.1 Å². The predicted molar refractivity (Wildman–Crippen MR) is 154 cm³/mol. The first-order valence-electron chi connectivity index (χ1n) is 12.8. The van der Waals surface area contributed by atoms with Crippen LogP contribution >= 0.6 is 23.2 Å². The molecule has 1 N–H and O–H groups in total. The van der Waals surface area contributed by atoms with Gasteiger partial charge in [-0.15, -0.1) is 0 Å². The standard InChI is InChI=1S/C30H34Cl2N4O2/c1-20-27(29(37)33-30(2,3)4)34-36(28(20)22-9-11-23(31)12-10-22)26-13-8-21(19-25(26)32)7-6-16-35-17-14-24(38-5)15-18-35/h8-13,19,24H,14-18H2,1-5H3,(H,33,37). The summed E-state index contributed by atoms with van der Waals surface area (Å²) < 4.78 is 7.18. The topological polar surface area (TPSA) is 59.4 Å². The maximum Gasteiger partial charge on any atom is 0.272 e. The van der Waals surface area contributed by atoms with Gasteiger partial charge in [0.1, 0.15) is 0 Å². The maximum atomic E-state index is 13.1. The molecule has 8 heteroatoms. The highest BCUT2D eigenvalue weighted by atomic mass is 35.5. The van der Waals surface area contributed by atoms with Crippen LogP contribution in [0, 0.1) is 18.8 Å². The molecule has 1 saturated heterocycles. The molecule has 1 fully saturated rings. The Balaban J connectivity index is 1.64. The number of likely N-dealkylation sites (tertiary alicyclic amines) is 1. The molecular formula is C30H34Cl2N4O2. The number of hydrogen-bond donors (Lipinski definition) is 1. The van der Waals surface area contributed by atoms with Crippen LogP contribution in [-0.2, 0) is 4.74 Å². The van der Waals surface area contributed by atoms with Crippen LogP contribution in [0.2, 0.25) is 10.0 Å². The molecule has 4 rings (SSSR count). The molecule has 1 aliphatic heterocycles. The number of methoxy groups -OCH3 is 1. The highest BCUT2D eigenvalue weighted by Crippen LogP contribution is 2.32. The van der Waals surface area contributed by atoms with E-state index >= 15 is 0 Å². The minimum atomic E-state index is -0.397. The third kappa shape index (κ3) is 6.78. The van der Waals surface area contributed by atoms with Crippen molar-refractivity contribution in [1.29, 1.82) is 0 Å². The van der Waals surface area contributed by atoms with E-state index < -0.39 is 5.54 Å². The molecule has 2 heterocycles. The van der Waals surface area contributed by atoms with Crippen molar-refractivity contribution >= 4 is 29.1 Å². The predicted octanol–water partition coefficient (Wildman–Crippen LogP) is 6.15. The lowest BCUT2D eigenvalue weighted by molar-refractivity contribution is 0.0450. The Morgan fingerprint density at radius 3 is 2.42 bits per heavy atom. The van der Waals surface area contributed by atoms with E-state index in [0.29, 0.717) is 34.1 Å². The smallest absolute Gasteiger partial charge is 0.272 e. The second-order valence-corrected chi connectivity index (χ2v) is 11.5. The zero-order valence-electron chi connectivity index (χ0n) is 22.6. The molecule has 1 aromatic heterocycles. The Kier molecular flexibility index (Phi) is 8.85. The molecule has 38 heavy (non-hydrogen) atoms. The summed E-state index contributed by atoms with van der Waals surface area (Å²) >= 11 is 12.9. The van der Waals surface area contributed by atoms with Crippen molar-refractivity contribution in [3.8, 4) is 28.8 Å². The number of piperidine rings is 1. The summed E-state index contributed by atoms with van der Waals surface area (Å²) in [6.45, 7) is 10.4. The molecule has 200 valence electrons. The molecule has 2 aromatic carbocycles. The van der Waals surface area contributed by atoms with E-state index in [-0.39, 0.29) is 5.91 Å². The van der Waals surface area contributed by atoms with E-state index in [1.807, 2.05) is 70.2 Å². The van der Waals surface area contributed by atoms with Crippen molar-refractivity contribution in [1.82, 2.24) is 20.0 Å². The van der Waals surface area contributed by atoms with E-state index in [9.17, 15) is 4.79 Å². The summed E-state index contributed by atoms with van der Waals surface area (Å²) in [5.41, 5.74) is 3.86. The van der Waals surface area contributed by atoms with Crippen LogP contribution in [0.1, 0.15) is 55.2 Å². The van der Waals surface area contributed by atoms with Gasteiger partial charge in [-0.05, 0) is 70.9 Å². The number of aromatic nitrogens is 2. The first kappa shape index (κ1) is 28.2. The van der Waals surface area contributed by atoms with E-state index in [1.54, 1.807) is 11.8 Å². The first-order valence-corrected chi connectivity index (χ1v) is 13.5. The van der Waals surface area contributed by atoms with E-state index in [4.69, 9.17) is 33.0 Å².